The lowest BCUT2D eigenvalue weighted by atomic mass is 10.1. The fourth-order valence-electron chi connectivity index (χ4n) is 2.07. The van der Waals surface area contributed by atoms with E-state index in [9.17, 15) is 8.42 Å². The van der Waals surface area contributed by atoms with Gasteiger partial charge in [-0.1, -0.05) is 39.0 Å². The second kappa shape index (κ2) is 7.85. The summed E-state index contributed by atoms with van der Waals surface area (Å²) in [6.07, 6.45) is 7.89. The molecule has 1 heterocycles. The molecule has 0 saturated carbocycles. The topological polar surface area (TPSA) is 64.8 Å². The van der Waals surface area contributed by atoms with Gasteiger partial charge in [0.15, 0.2) is 0 Å². The van der Waals surface area contributed by atoms with Crippen molar-refractivity contribution in [2.24, 2.45) is 0 Å². The number of halogens is 1. The second-order valence-electron chi connectivity index (χ2n) is 4.60. The molecule has 0 amide bonds. The molecule has 1 aromatic heterocycles. The Kier molecular flexibility index (Phi) is 6.79. The molecule has 0 aliphatic rings. The van der Waals surface area contributed by atoms with E-state index in [0.29, 0.717) is 12.4 Å². The molecule has 0 fully saturated rings. The smallest absolute Gasteiger partial charge is 0.296 e. The molecule has 19 heavy (non-hydrogen) atoms. The fourth-order valence-corrected chi connectivity index (χ4v) is 3.04. The van der Waals surface area contributed by atoms with E-state index in [2.05, 4.69) is 17.1 Å². The van der Waals surface area contributed by atoms with Crippen molar-refractivity contribution in [3.63, 3.8) is 0 Å². The van der Waals surface area contributed by atoms with E-state index in [-0.39, 0.29) is 5.16 Å². The summed E-state index contributed by atoms with van der Waals surface area (Å²) < 4.78 is 24.2. The van der Waals surface area contributed by atoms with Crippen LogP contribution in [0.5, 0.6) is 0 Å². The Morgan fingerprint density at radius 2 is 1.68 bits per heavy atom. The highest BCUT2D eigenvalue weighted by atomic mass is 35.7. The van der Waals surface area contributed by atoms with Crippen LogP contribution in [-0.2, 0) is 22.0 Å². The molecule has 0 unspecified atom stereocenters. The molecule has 0 atom stereocenters. The first-order valence-corrected chi connectivity index (χ1v) is 9.18. The number of unbranched alkanes of at least 4 members (excludes halogenated alkanes) is 5. The van der Waals surface area contributed by atoms with Crippen molar-refractivity contribution in [1.29, 1.82) is 0 Å². The molecule has 110 valence electrons. The van der Waals surface area contributed by atoms with Gasteiger partial charge in [-0.2, -0.15) is 0 Å². The van der Waals surface area contributed by atoms with Crippen LogP contribution in [0.15, 0.2) is 5.16 Å². The summed E-state index contributed by atoms with van der Waals surface area (Å²) in [5.74, 6) is 0.706. The molecule has 0 N–H and O–H groups in total. The number of hydrogen-bond acceptors (Lipinski definition) is 4. The number of rotatable bonds is 9. The van der Waals surface area contributed by atoms with Gasteiger partial charge < -0.3 is 4.57 Å². The Morgan fingerprint density at radius 1 is 1.05 bits per heavy atom. The standard InChI is InChI=1S/C12H22ClN3O2S/c1-3-5-6-7-8-9-10-11-14-15-12(16(11)4-2)19(13,17)18/h3-10H2,1-2H3. The van der Waals surface area contributed by atoms with Crippen LogP contribution in [0.4, 0.5) is 0 Å². The van der Waals surface area contributed by atoms with Crippen LogP contribution in [0.2, 0.25) is 0 Å². The van der Waals surface area contributed by atoms with Crippen molar-refractivity contribution in [2.75, 3.05) is 0 Å². The SMILES string of the molecule is CCCCCCCCc1nnc(S(=O)(=O)Cl)n1CC. The Balaban J connectivity index is 2.53. The third-order valence-electron chi connectivity index (χ3n) is 3.08. The molecule has 0 aliphatic carbocycles. The molecule has 0 radical (unpaired) electrons. The van der Waals surface area contributed by atoms with E-state index in [0.717, 1.165) is 19.3 Å². The van der Waals surface area contributed by atoms with Gasteiger partial charge in [0.05, 0.1) is 0 Å². The summed E-state index contributed by atoms with van der Waals surface area (Å²) >= 11 is 0. The molecule has 1 aromatic rings. The van der Waals surface area contributed by atoms with Crippen LogP contribution < -0.4 is 0 Å². The minimum atomic E-state index is -3.81. The van der Waals surface area contributed by atoms with Gasteiger partial charge in [-0.05, 0) is 13.3 Å². The normalized spacial score (nSPS) is 11.9. The molecule has 5 nitrogen and oxygen atoms in total. The van der Waals surface area contributed by atoms with Crippen LogP contribution in [-0.4, -0.2) is 23.2 Å². The van der Waals surface area contributed by atoms with Gasteiger partial charge in [-0.15, -0.1) is 10.2 Å². The molecule has 0 aromatic carbocycles. The van der Waals surface area contributed by atoms with Gasteiger partial charge in [-0.3, -0.25) is 0 Å². The monoisotopic (exact) mass is 307 g/mol. The molecular formula is C12H22ClN3O2S. The number of nitrogens with zero attached hydrogens (tertiary/aromatic N) is 3. The third kappa shape index (κ3) is 5.10. The Labute approximate surface area is 119 Å². The maximum absolute atomic E-state index is 11.3. The van der Waals surface area contributed by atoms with Gasteiger partial charge in [0.25, 0.3) is 14.2 Å². The van der Waals surface area contributed by atoms with Crippen molar-refractivity contribution in [3.8, 4) is 0 Å². The van der Waals surface area contributed by atoms with E-state index in [4.69, 9.17) is 10.7 Å². The summed E-state index contributed by atoms with van der Waals surface area (Å²) in [5.41, 5.74) is 0. The predicted molar refractivity (Wildman–Crippen MR) is 75.8 cm³/mol. The number of aryl methyl sites for hydroxylation is 1. The molecule has 0 bridgehead atoms. The quantitative estimate of drug-likeness (QED) is 0.519. The van der Waals surface area contributed by atoms with E-state index in [1.807, 2.05) is 6.92 Å². The summed E-state index contributed by atoms with van der Waals surface area (Å²) in [6.45, 7) is 4.57. The van der Waals surface area contributed by atoms with Crippen molar-refractivity contribution in [1.82, 2.24) is 14.8 Å². The lowest BCUT2D eigenvalue weighted by Crippen LogP contribution is -2.08. The summed E-state index contributed by atoms with van der Waals surface area (Å²) in [5, 5.41) is 7.48. The van der Waals surface area contributed by atoms with Crippen molar-refractivity contribution < 1.29 is 8.42 Å². The fraction of sp³-hybridized carbons (Fsp3) is 0.833. The summed E-state index contributed by atoms with van der Waals surface area (Å²) in [4.78, 5) is 0. The molecule has 0 spiro atoms. The highest BCUT2D eigenvalue weighted by Gasteiger charge is 2.21. The minimum Gasteiger partial charge on any atom is -0.301 e. The molecule has 0 saturated heterocycles. The first-order chi connectivity index (χ1) is 9.00. The number of aromatic nitrogens is 3. The van der Waals surface area contributed by atoms with Crippen molar-refractivity contribution in [2.45, 2.75) is 70.5 Å². The summed E-state index contributed by atoms with van der Waals surface area (Å²) in [6, 6.07) is 0. The van der Waals surface area contributed by atoms with Gasteiger partial charge >= 0.3 is 0 Å². The van der Waals surface area contributed by atoms with Crippen LogP contribution in [0, 0.1) is 0 Å². The van der Waals surface area contributed by atoms with Gasteiger partial charge in [0.1, 0.15) is 5.82 Å². The average Bonchev–Trinajstić information content (AvgIpc) is 2.76. The van der Waals surface area contributed by atoms with E-state index in [1.165, 1.54) is 25.7 Å². The Hall–Kier alpha value is -0.620. The van der Waals surface area contributed by atoms with Crippen molar-refractivity contribution in [3.05, 3.63) is 5.82 Å². The van der Waals surface area contributed by atoms with Crippen LogP contribution in [0.1, 0.15) is 58.2 Å². The first-order valence-electron chi connectivity index (χ1n) is 6.87. The highest BCUT2D eigenvalue weighted by Crippen LogP contribution is 2.16. The third-order valence-corrected chi connectivity index (χ3v) is 4.23. The van der Waals surface area contributed by atoms with Gasteiger partial charge in [0, 0.05) is 23.6 Å². The van der Waals surface area contributed by atoms with Crippen LogP contribution >= 0.6 is 10.7 Å². The zero-order chi connectivity index (χ0) is 14.3. The summed E-state index contributed by atoms with van der Waals surface area (Å²) in [7, 11) is 1.52. The lowest BCUT2D eigenvalue weighted by Gasteiger charge is -2.05. The molecule has 7 heteroatoms. The highest BCUT2D eigenvalue weighted by molar-refractivity contribution is 8.13. The second-order valence-corrected chi connectivity index (χ2v) is 7.06. The van der Waals surface area contributed by atoms with Crippen LogP contribution in [0.25, 0.3) is 0 Å². The largest absolute Gasteiger partial charge is 0.301 e. The van der Waals surface area contributed by atoms with E-state index in [1.54, 1.807) is 4.57 Å². The van der Waals surface area contributed by atoms with Gasteiger partial charge in [-0.25, -0.2) is 8.42 Å². The van der Waals surface area contributed by atoms with Gasteiger partial charge in [0.2, 0.25) is 0 Å². The zero-order valence-corrected chi connectivity index (χ0v) is 13.2. The maximum Gasteiger partial charge on any atom is 0.296 e. The number of hydrogen-bond donors (Lipinski definition) is 0. The van der Waals surface area contributed by atoms with E-state index >= 15 is 0 Å². The predicted octanol–water partition coefficient (Wildman–Crippen LogP) is 3.13. The molecular weight excluding hydrogens is 286 g/mol. The zero-order valence-electron chi connectivity index (χ0n) is 11.6. The maximum atomic E-state index is 11.3. The average molecular weight is 308 g/mol. The Morgan fingerprint density at radius 3 is 2.26 bits per heavy atom. The van der Waals surface area contributed by atoms with Crippen molar-refractivity contribution >= 4 is 19.7 Å². The Bertz CT molecular complexity index is 485. The molecule has 0 aliphatic heterocycles. The van der Waals surface area contributed by atoms with Crippen LogP contribution in [0.3, 0.4) is 0 Å². The first kappa shape index (κ1) is 16.4. The van der Waals surface area contributed by atoms with E-state index < -0.39 is 9.05 Å². The lowest BCUT2D eigenvalue weighted by molar-refractivity contribution is 0.561. The molecule has 1 rings (SSSR count). The minimum absolute atomic E-state index is 0.141.